The van der Waals surface area contributed by atoms with Crippen molar-refractivity contribution in [3.63, 3.8) is 0 Å². The molecule has 3 aliphatic heterocycles. The number of aliphatic hydroxyl groups excluding tert-OH is 1. The van der Waals surface area contributed by atoms with Crippen LogP contribution in [-0.2, 0) is 19.1 Å². The molecule has 3 rings (SSSR count). The van der Waals surface area contributed by atoms with Gasteiger partial charge in [0.05, 0.1) is 17.9 Å². The summed E-state index contributed by atoms with van der Waals surface area (Å²) in [4.78, 5) is 42.6. The second-order valence-electron chi connectivity index (χ2n) is 9.73. The fourth-order valence-electron chi connectivity index (χ4n) is 5.47. The number of carboxylic acids is 1. The number of alkyl halides is 1. The van der Waals surface area contributed by atoms with Gasteiger partial charge in [-0.1, -0.05) is 22.0 Å². The topological polar surface area (TPSA) is 107 Å². The van der Waals surface area contributed by atoms with Gasteiger partial charge in [-0.05, 0) is 46.5 Å². The van der Waals surface area contributed by atoms with Gasteiger partial charge in [-0.15, -0.1) is 6.58 Å². The Morgan fingerprint density at radius 1 is 1.35 bits per heavy atom. The second kappa shape index (κ2) is 8.83. The summed E-state index contributed by atoms with van der Waals surface area (Å²) in [6.07, 6.45) is 3.37. The minimum atomic E-state index is -1.16. The highest BCUT2D eigenvalue weighted by Crippen LogP contribution is 2.60. The van der Waals surface area contributed by atoms with Crippen LogP contribution in [0.3, 0.4) is 0 Å². The number of fused-ring (bicyclic) bond motifs is 1. The molecule has 31 heavy (non-hydrogen) atoms. The molecule has 3 aliphatic rings. The fourth-order valence-corrected chi connectivity index (χ4v) is 6.42. The monoisotopic (exact) mass is 500 g/mol. The number of ether oxygens (including phenoxy) is 1. The maximum atomic E-state index is 13.9. The molecule has 2 N–H and O–H groups in total. The van der Waals surface area contributed by atoms with Crippen LogP contribution in [0.15, 0.2) is 12.7 Å². The molecular formula is C22H33BrN2O6. The van der Waals surface area contributed by atoms with E-state index in [1.807, 2.05) is 20.8 Å². The number of hydrogen-bond donors (Lipinski definition) is 2. The number of unbranched alkanes of at least 4 members (excludes halogenated alkanes) is 2. The van der Waals surface area contributed by atoms with E-state index < -0.39 is 41.1 Å². The second-order valence-corrected chi connectivity index (χ2v) is 10.9. The van der Waals surface area contributed by atoms with E-state index in [1.54, 1.807) is 15.9 Å². The molecule has 2 amide bonds. The predicted octanol–water partition coefficient (Wildman–Crippen LogP) is 1.79. The first-order valence-corrected chi connectivity index (χ1v) is 11.8. The molecule has 0 saturated carbocycles. The maximum absolute atomic E-state index is 13.9. The highest BCUT2D eigenvalue weighted by atomic mass is 79.9. The van der Waals surface area contributed by atoms with E-state index >= 15 is 0 Å². The van der Waals surface area contributed by atoms with Gasteiger partial charge in [0.15, 0.2) is 0 Å². The van der Waals surface area contributed by atoms with Crippen LogP contribution in [0, 0.1) is 11.8 Å². The number of carboxylic acid groups (broad SMARTS) is 1. The number of likely N-dealkylation sites (tertiary alicyclic amines) is 1. The maximum Gasteiger partial charge on any atom is 0.310 e. The lowest BCUT2D eigenvalue weighted by Gasteiger charge is -2.42. The molecule has 1 unspecified atom stereocenters. The Balaban J connectivity index is 2.03. The largest absolute Gasteiger partial charge is 0.481 e. The summed E-state index contributed by atoms with van der Waals surface area (Å²) < 4.78 is 6.27. The molecule has 8 nitrogen and oxygen atoms in total. The third kappa shape index (κ3) is 3.93. The summed E-state index contributed by atoms with van der Waals surface area (Å²) in [7, 11) is 0. The Kier molecular flexibility index (Phi) is 6.89. The van der Waals surface area contributed by atoms with Gasteiger partial charge >= 0.3 is 5.97 Å². The molecule has 0 aromatic heterocycles. The lowest BCUT2D eigenvalue weighted by molar-refractivity contribution is -0.152. The van der Waals surface area contributed by atoms with E-state index in [-0.39, 0.29) is 23.2 Å². The number of aliphatic hydroxyl groups is 1. The number of amides is 2. The van der Waals surface area contributed by atoms with Crippen molar-refractivity contribution in [2.75, 3.05) is 19.7 Å². The van der Waals surface area contributed by atoms with Gasteiger partial charge in [0.1, 0.15) is 11.6 Å². The fraction of sp³-hybridized carbons (Fsp3) is 0.773. The normalized spacial score (nSPS) is 34.2. The zero-order valence-electron chi connectivity index (χ0n) is 18.4. The van der Waals surface area contributed by atoms with Crippen LogP contribution >= 0.6 is 15.9 Å². The van der Waals surface area contributed by atoms with Crippen LogP contribution < -0.4 is 0 Å². The van der Waals surface area contributed by atoms with Gasteiger partial charge in [0.25, 0.3) is 0 Å². The first kappa shape index (κ1) is 24.2. The molecule has 1 spiro atoms. The van der Waals surface area contributed by atoms with E-state index in [1.165, 1.54) is 0 Å². The number of aliphatic carboxylic acids is 1. The smallest absolute Gasteiger partial charge is 0.310 e. The van der Waals surface area contributed by atoms with Gasteiger partial charge < -0.3 is 24.7 Å². The summed E-state index contributed by atoms with van der Waals surface area (Å²) in [5.74, 6) is -3.48. The molecule has 3 fully saturated rings. The quantitative estimate of drug-likeness (QED) is 0.284. The third-order valence-electron chi connectivity index (χ3n) is 6.75. The van der Waals surface area contributed by atoms with Gasteiger partial charge in [-0.25, -0.2) is 0 Å². The molecule has 0 aromatic carbocycles. The van der Waals surface area contributed by atoms with E-state index in [0.717, 1.165) is 0 Å². The molecule has 6 atom stereocenters. The molecule has 0 aliphatic carbocycles. The molecule has 174 valence electrons. The Morgan fingerprint density at radius 2 is 2.03 bits per heavy atom. The molecule has 3 saturated heterocycles. The summed E-state index contributed by atoms with van der Waals surface area (Å²) in [5, 5.41) is 19.0. The minimum Gasteiger partial charge on any atom is -0.481 e. The summed E-state index contributed by atoms with van der Waals surface area (Å²) in [6, 6.07) is -0.882. The highest BCUT2D eigenvalue weighted by molar-refractivity contribution is 9.09. The predicted molar refractivity (Wildman–Crippen MR) is 118 cm³/mol. The third-order valence-corrected chi connectivity index (χ3v) is 7.60. The standard InChI is InChI=1S/C22H33BrN2O6/c1-5-9-25(21(2,3)4)19(28)17-22-12-13(23)16(31-22)14(20(29)30)15(22)18(27)24(17)10-7-6-8-11-26/h5,13-17,26H,1,6-12H2,2-4H3,(H,29,30)/t13?,14-,15+,16-,17-,22+/m1/s1. The molecule has 0 radical (unpaired) electrons. The number of nitrogens with zero attached hydrogens (tertiary/aromatic N) is 2. The molecular weight excluding hydrogens is 468 g/mol. The van der Waals surface area contributed by atoms with E-state index in [2.05, 4.69) is 22.5 Å². The Hall–Kier alpha value is -1.45. The van der Waals surface area contributed by atoms with Crippen molar-refractivity contribution in [2.45, 2.75) is 74.6 Å². The molecule has 3 heterocycles. The van der Waals surface area contributed by atoms with Crippen LogP contribution in [-0.4, -0.2) is 85.6 Å². The van der Waals surface area contributed by atoms with Gasteiger partial charge in [0.2, 0.25) is 11.8 Å². The molecule has 9 heteroatoms. The summed E-state index contributed by atoms with van der Waals surface area (Å²) in [5.41, 5.74) is -1.67. The van der Waals surface area contributed by atoms with Crippen molar-refractivity contribution < 1.29 is 29.3 Å². The first-order chi connectivity index (χ1) is 14.5. The van der Waals surface area contributed by atoms with Gasteiger partial charge in [0, 0.05) is 30.1 Å². The number of carbonyl (C=O) groups excluding carboxylic acids is 2. The average molecular weight is 501 g/mol. The van der Waals surface area contributed by atoms with Crippen molar-refractivity contribution in [3.05, 3.63) is 12.7 Å². The van der Waals surface area contributed by atoms with Gasteiger partial charge in [-0.3, -0.25) is 14.4 Å². The number of hydrogen-bond acceptors (Lipinski definition) is 5. The number of carbonyl (C=O) groups is 3. The zero-order chi connectivity index (χ0) is 23.1. The zero-order valence-corrected chi connectivity index (χ0v) is 20.0. The minimum absolute atomic E-state index is 0.0666. The lowest BCUT2D eigenvalue weighted by atomic mass is 9.70. The lowest BCUT2D eigenvalue weighted by Crippen LogP contribution is -2.60. The summed E-state index contributed by atoms with van der Waals surface area (Å²) >= 11 is 3.55. The van der Waals surface area contributed by atoms with E-state index in [0.29, 0.717) is 38.8 Å². The van der Waals surface area contributed by atoms with Crippen LogP contribution in [0.1, 0.15) is 46.5 Å². The Labute approximate surface area is 191 Å². The van der Waals surface area contributed by atoms with Crippen LogP contribution in [0.5, 0.6) is 0 Å². The van der Waals surface area contributed by atoms with Crippen molar-refractivity contribution in [3.8, 4) is 0 Å². The van der Waals surface area contributed by atoms with Crippen molar-refractivity contribution >= 4 is 33.7 Å². The SMILES string of the molecule is C=CCN(C(=O)[C@H]1N(CCCCCO)C(=O)[C@@H]2[C@@H](C(=O)O)[C@@H]3O[C@@]21CC3Br)C(C)(C)C. The first-order valence-electron chi connectivity index (χ1n) is 10.9. The Morgan fingerprint density at radius 3 is 2.58 bits per heavy atom. The number of halogens is 1. The van der Waals surface area contributed by atoms with E-state index in [4.69, 9.17) is 9.84 Å². The van der Waals surface area contributed by atoms with Crippen molar-refractivity contribution in [1.82, 2.24) is 9.80 Å². The van der Waals surface area contributed by atoms with Crippen molar-refractivity contribution in [1.29, 1.82) is 0 Å². The van der Waals surface area contributed by atoms with E-state index in [9.17, 15) is 19.5 Å². The molecule has 0 aromatic rings. The van der Waals surface area contributed by atoms with Crippen LogP contribution in [0.2, 0.25) is 0 Å². The molecule has 2 bridgehead atoms. The number of rotatable bonds is 9. The van der Waals surface area contributed by atoms with Crippen molar-refractivity contribution in [2.24, 2.45) is 11.8 Å². The Bertz CT molecular complexity index is 753. The van der Waals surface area contributed by atoms with Crippen LogP contribution in [0.4, 0.5) is 0 Å². The van der Waals surface area contributed by atoms with Crippen LogP contribution in [0.25, 0.3) is 0 Å². The van der Waals surface area contributed by atoms with Gasteiger partial charge in [-0.2, -0.15) is 0 Å². The highest BCUT2D eigenvalue weighted by Gasteiger charge is 2.76. The average Bonchev–Trinajstić information content (AvgIpc) is 3.26. The summed E-state index contributed by atoms with van der Waals surface area (Å²) in [6.45, 7) is 10.2.